The Kier molecular flexibility index (Phi) is 6.38. The van der Waals surface area contributed by atoms with Crippen molar-refractivity contribution in [2.75, 3.05) is 13.7 Å². The molecule has 0 aliphatic carbocycles. The molecule has 6 atom stereocenters. The molecule has 4 N–H and O–H groups in total. The van der Waals surface area contributed by atoms with Crippen LogP contribution in [0.3, 0.4) is 0 Å². The van der Waals surface area contributed by atoms with Crippen LogP contribution in [-0.4, -0.2) is 85.6 Å². The summed E-state index contributed by atoms with van der Waals surface area (Å²) in [5.74, 6) is -5.69. The third-order valence-corrected chi connectivity index (χ3v) is 4.78. The molecule has 1 fully saturated rings. The monoisotopic (exact) mass is 433 g/mol. The average molecular weight is 433 g/mol. The van der Waals surface area contributed by atoms with Crippen LogP contribution in [0.1, 0.15) is 6.04 Å². The largest absolute Gasteiger partial charge is 0.467 e. The summed E-state index contributed by atoms with van der Waals surface area (Å²) in [6.07, 6.45) is -7.06. The second kappa shape index (κ2) is 8.65. The zero-order valence-corrected chi connectivity index (χ0v) is 15.4. The first-order valence-electron chi connectivity index (χ1n) is 8.64. The molecule has 1 aliphatic heterocycles. The molecule has 0 bridgehead atoms. The number of aliphatic hydroxyl groups excluding tert-OH is 4. The highest BCUT2D eigenvalue weighted by Gasteiger charge is 2.50. The molecule has 10 nitrogen and oxygen atoms in total. The highest BCUT2D eigenvalue weighted by Crippen LogP contribution is 2.32. The first-order valence-corrected chi connectivity index (χ1v) is 8.64. The Morgan fingerprint density at radius 2 is 1.90 bits per heavy atom. The van der Waals surface area contributed by atoms with Gasteiger partial charge in [0.25, 0.3) is 0 Å². The normalized spacial score (nSPS) is 27.7. The number of methoxy groups -OCH3 is 1. The molecule has 2 unspecified atom stereocenters. The van der Waals surface area contributed by atoms with Gasteiger partial charge in [0.05, 0.1) is 19.9 Å². The van der Waals surface area contributed by atoms with Crippen LogP contribution < -0.4 is 0 Å². The summed E-state index contributed by atoms with van der Waals surface area (Å²) in [4.78, 5) is 11.6. The Morgan fingerprint density at radius 1 is 1.27 bits per heavy atom. The van der Waals surface area contributed by atoms with Gasteiger partial charge in [-0.1, -0.05) is 5.21 Å². The quantitative estimate of drug-likeness (QED) is 0.341. The van der Waals surface area contributed by atoms with Crippen molar-refractivity contribution in [1.29, 1.82) is 0 Å². The minimum absolute atomic E-state index is 0.121. The third-order valence-electron chi connectivity index (χ3n) is 4.78. The summed E-state index contributed by atoms with van der Waals surface area (Å²) < 4.78 is 50.7. The van der Waals surface area contributed by atoms with E-state index in [1.165, 1.54) is 0 Å². The molecule has 3 rings (SSSR count). The molecule has 0 spiro atoms. The van der Waals surface area contributed by atoms with E-state index in [4.69, 9.17) is 4.74 Å². The molecule has 1 aromatic heterocycles. The molecule has 0 saturated carbocycles. The van der Waals surface area contributed by atoms with Gasteiger partial charge < -0.3 is 29.9 Å². The van der Waals surface area contributed by atoms with Gasteiger partial charge in [0.2, 0.25) is 0 Å². The van der Waals surface area contributed by atoms with E-state index in [-0.39, 0.29) is 11.3 Å². The molecular weight excluding hydrogens is 415 g/mol. The van der Waals surface area contributed by atoms with Crippen LogP contribution in [0.25, 0.3) is 11.3 Å². The summed E-state index contributed by atoms with van der Waals surface area (Å²) in [7, 11) is 1.00. The van der Waals surface area contributed by atoms with E-state index < -0.39 is 66.6 Å². The molecule has 2 heterocycles. The highest BCUT2D eigenvalue weighted by atomic mass is 19.2. The number of aromatic nitrogens is 3. The molecule has 13 heteroatoms. The lowest BCUT2D eigenvalue weighted by molar-refractivity contribution is -0.232. The van der Waals surface area contributed by atoms with Crippen molar-refractivity contribution in [3.05, 3.63) is 35.8 Å². The van der Waals surface area contributed by atoms with Gasteiger partial charge in [-0.15, -0.1) is 5.10 Å². The Labute approximate surface area is 167 Å². The summed E-state index contributed by atoms with van der Waals surface area (Å²) in [6, 6.07) is -0.00921. The maximum absolute atomic E-state index is 13.5. The molecule has 0 amide bonds. The number of carbonyl (C=O) groups excluding carboxylic acids is 1. The van der Waals surface area contributed by atoms with Crippen molar-refractivity contribution >= 4 is 5.97 Å². The maximum atomic E-state index is 13.5. The fourth-order valence-electron chi connectivity index (χ4n) is 3.22. The van der Waals surface area contributed by atoms with Gasteiger partial charge in [-0.05, 0) is 12.1 Å². The van der Waals surface area contributed by atoms with Gasteiger partial charge in [-0.25, -0.2) is 22.6 Å². The van der Waals surface area contributed by atoms with E-state index in [2.05, 4.69) is 15.0 Å². The number of aliphatic hydroxyl groups is 4. The van der Waals surface area contributed by atoms with Crippen LogP contribution in [0, 0.1) is 17.5 Å². The van der Waals surface area contributed by atoms with Gasteiger partial charge in [-0.2, -0.15) is 0 Å². The topological polar surface area (TPSA) is 147 Å². The number of hydrogen-bond donors (Lipinski definition) is 4. The Hall–Kier alpha value is -2.58. The number of ether oxygens (including phenoxy) is 2. The van der Waals surface area contributed by atoms with E-state index in [1.807, 2.05) is 0 Å². The Bertz CT molecular complexity index is 905. The third kappa shape index (κ3) is 3.89. The van der Waals surface area contributed by atoms with Crippen molar-refractivity contribution in [2.45, 2.75) is 36.6 Å². The van der Waals surface area contributed by atoms with Crippen molar-refractivity contribution in [2.24, 2.45) is 0 Å². The lowest BCUT2D eigenvalue weighted by Crippen LogP contribution is -2.60. The first kappa shape index (κ1) is 22.1. The lowest BCUT2D eigenvalue weighted by atomic mass is 9.90. The lowest BCUT2D eigenvalue weighted by Gasteiger charge is -2.43. The summed E-state index contributed by atoms with van der Waals surface area (Å²) in [5.41, 5.74) is -0.289. The molecule has 1 aromatic carbocycles. The summed E-state index contributed by atoms with van der Waals surface area (Å²) in [5, 5.41) is 47.9. The Balaban J connectivity index is 1.96. The van der Waals surface area contributed by atoms with Crippen LogP contribution in [0.5, 0.6) is 0 Å². The summed E-state index contributed by atoms with van der Waals surface area (Å²) in [6.45, 7) is -0.731. The molecule has 0 radical (unpaired) electrons. The SMILES string of the molecule is COC(=O)[C@@H](O)[C@@H]1OC(CO)[C@H](O)[C@H](n2cc(-c3cc(F)c(F)c(F)c3)nn2)C1O. The number of esters is 1. The van der Waals surface area contributed by atoms with E-state index in [0.29, 0.717) is 12.1 Å². The van der Waals surface area contributed by atoms with Crippen molar-refractivity contribution in [1.82, 2.24) is 15.0 Å². The second-order valence-electron chi connectivity index (χ2n) is 6.60. The van der Waals surface area contributed by atoms with E-state index in [0.717, 1.165) is 18.0 Å². The maximum Gasteiger partial charge on any atom is 0.337 e. The smallest absolute Gasteiger partial charge is 0.337 e. The predicted molar refractivity (Wildman–Crippen MR) is 90.2 cm³/mol. The number of halogens is 3. The Morgan fingerprint density at radius 3 is 2.47 bits per heavy atom. The fourth-order valence-corrected chi connectivity index (χ4v) is 3.22. The number of rotatable bonds is 5. The van der Waals surface area contributed by atoms with Crippen molar-refractivity contribution in [3.63, 3.8) is 0 Å². The van der Waals surface area contributed by atoms with E-state index in [9.17, 15) is 38.4 Å². The van der Waals surface area contributed by atoms with Gasteiger partial charge in [-0.3, -0.25) is 0 Å². The number of nitrogens with zero attached hydrogens (tertiary/aromatic N) is 3. The van der Waals surface area contributed by atoms with Gasteiger partial charge in [0, 0.05) is 5.56 Å². The molecule has 164 valence electrons. The van der Waals surface area contributed by atoms with Crippen molar-refractivity contribution < 1.29 is 47.9 Å². The highest BCUT2D eigenvalue weighted by molar-refractivity contribution is 5.75. The number of benzene rings is 1. The zero-order chi connectivity index (χ0) is 22.2. The summed E-state index contributed by atoms with van der Waals surface area (Å²) >= 11 is 0. The van der Waals surface area contributed by atoms with Gasteiger partial charge >= 0.3 is 5.97 Å². The minimum Gasteiger partial charge on any atom is -0.467 e. The van der Waals surface area contributed by atoms with E-state index >= 15 is 0 Å². The number of hydrogen-bond acceptors (Lipinski definition) is 9. The first-order chi connectivity index (χ1) is 14.2. The molecular formula is C17H18F3N3O7. The molecule has 2 aromatic rings. The zero-order valence-electron chi connectivity index (χ0n) is 15.4. The molecule has 1 aliphatic rings. The number of carbonyl (C=O) groups is 1. The standard InChI is InChI=1S/C17H18F3N3O7/c1-29-17(28)15(27)16-14(26)12(13(25)10(5-24)30-16)23-4-9(21-22-23)6-2-7(18)11(20)8(19)3-6/h2-4,10,12-16,24-27H,5H2,1H3/t10?,12-,13-,14?,15-,16+/m0/s1. The van der Waals surface area contributed by atoms with E-state index in [1.54, 1.807) is 0 Å². The molecule has 1 saturated heterocycles. The second-order valence-corrected chi connectivity index (χ2v) is 6.60. The molecule has 30 heavy (non-hydrogen) atoms. The van der Waals surface area contributed by atoms with Gasteiger partial charge in [0.1, 0.15) is 36.2 Å². The van der Waals surface area contributed by atoms with Crippen LogP contribution in [0.15, 0.2) is 18.3 Å². The van der Waals surface area contributed by atoms with Crippen LogP contribution in [0.4, 0.5) is 13.2 Å². The van der Waals surface area contributed by atoms with Crippen LogP contribution in [-0.2, 0) is 14.3 Å². The van der Waals surface area contributed by atoms with Crippen LogP contribution >= 0.6 is 0 Å². The van der Waals surface area contributed by atoms with Crippen molar-refractivity contribution in [3.8, 4) is 11.3 Å². The fraction of sp³-hybridized carbons (Fsp3) is 0.471. The minimum atomic E-state index is -1.95. The predicted octanol–water partition coefficient (Wildman–Crippen LogP) is -1.08. The average Bonchev–Trinajstić information content (AvgIpc) is 3.20. The van der Waals surface area contributed by atoms with Gasteiger partial charge in [0.15, 0.2) is 23.6 Å². The van der Waals surface area contributed by atoms with Crippen LogP contribution in [0.2, 0.25) is 0 Å².